The second kappa shape index (κ2) is 7.09. The number of hydrogen-bond acceptors (Lipinski definition) is 5. The summed E-state index contributed by atoms with van der Waals surface area (Å²) in [6.45, 7) is 2.66. The van der Waals surface area contributed by atoms with Crippen molar-refractivity contribution in [2.45, 2.75) is 12.1 Å². The van der Waals surface area contributed by atoms with Crippen LogP contribution in [0.3, 0.4) is 0 Å². The fourth-order valence-corrected chi connectivity index (χ4v) is 2.71. The standard InChI is InChI=1S/C16H16N4OS/c1-13-6-5-9-15(12-13)21-10-11-22-16-17-18-19-20(16)14-7-3-2-4-8-14/h2-9,12H,10-11H2,1H3. The second-order valence-corrected chi connectivity index (χ2v) is 5.78. The molecule has 112 valence electrons. The minimum Gasteiger partial charge on any atom is -0.493 e. The average molecular weight is 312 g/mol. The van der Waals surface area contributed by atoms with Gasteiger partial charge in [0, 0.05) is 5.75 Å². The van der Waals surface area contributed by atoms with Gasteiger partial charge in [-0.05, 0) is 47.2 Å². The molecule has 0 radical (unpaired) electrons. The van der Waals surface area contributed by atoms with E-state index in [1.54, 1.807) is 16.4 Å². The zero-order valence-corrected chi connectivity index (χ0v) is 13.0. The van der Waals surface area contributed by atoms with Crippen LogP contribution in [0.15, 0.2) is 59.8 Å². The van der Waals surface area contributed by atoms with Gasteiger partial charge in [-0.3, -0.25) is 0 Å². The fraction of sp³-hybridized carbons (Fsp3) is 0.188. The van der Waals surface area contributed by atoms with Crippen LogP contribution in [0.25, 0.3) is 5.69 Å². The Kier molecular flexibility index (Phi) is 4.70. The average Bonchev–Trinajstić information content (AvgIpc) is 3.01. The van der Waals surface area contributed by atoms with Crippen molar-refractivity contribution in [3.05, 3.63) is 60.2 Å². The number of nitrogens with zero attached hydrogens (tertiary/aromatic N) is 4. The number of benzene rings is 2. The van der Waals surface area contributed by atoms with E-state index in [4.69, 9.17) is 4.74 Å². The van der Waals surface area contributed by atoms with Crippen LogP contribution < -0.4 is 4.74 Å². The maximum absolute atomic E-state index is 5.73. The lowest BCUT2D eigenvalue weighted by Gasteiger charge is -2.07. The Morgan fingerprint density at radius 1 is 1.09 bits per heavy atom. The van der Waals surface area contributed by atoms with Gasteiger partial charge in [0.25, 0.3) is 0 Å². The maximum atomic E-state index is 5.73. The molecule has 0 amide bonds. The number of aromatic nitrogens is 4. The first-order valence-corrected chi connectivity index (χ1v) is 7.97. The highest BCUT2D eigenvalue weighted by Crippen LogP contribution is 2.18. The van der Waals surface area contributed by atoms with Gasteiger partial charge in [-0.15, -0.1) is 5.10 Å². The first-order valence-electron chi connectivity index (χ1n) is 6.99. The third kappa shape index (κ3) is 3.65. The molecule has 0 atom stereocenters. The van der Waals surface area contributed by atoms with Crippen molar-refractivity contribution in [3.63, 3.8) is 0 Å². The van der Waals surface area contributed by atoms with Gasteiger partial charge in [-0.2, -0.15) is 4.68 Å². The molecule has 0 N–H and O–H groups in total. The lowest BCUT2D eigenvalue weighted by atomic mass is 10.2. The van der Waals surface area contributed by atoms with Crippen LogP contribution in [-0.2, 0) is 0 Å². The molecular weight excluding hydrogens is 296 g/mol. The minimum atomic E-state index is 0.607. The topological polar surface area (TPSA) is 52.8 Å². The van der Waals surface area contributed by atoms with E-state index in [1.807, 2.05) is 48.5 Å². The molecule has 0 unspecified atom stereocenters. The highest BCUT2D eigenvalue weighted by molar-refractivity contribution is 7.99. The van der Waals surface area contributed by atoms with Crippen LogP contribution in [-0.4, -0.2) is 32.6 Å². The molecule has 0 fully saturated rings. The van der Waals surface area contributed by atoms with Gasteiger partial charge in [0.2, 0.25) is 5.16 Å². The largest absolute Gasteiger partial charge is 0.493 e. The van der Waals surface area contributed by atoms with Gasteiger partial charge >= 0.3 is 0 Å². The normalized spacial score (nSPS) is 10.6. The van der Waals surface area contributed by atoms with Crippen molar-refractivity contribution in [1.29, 1.82) is 0 Å². The number of ether oxygens (including phenoxy) is 1. The van der Waals surface area contributed by atoms with E-state index in [9.17, 15) is 0 Å². The Morgan fingerprint density at radius 3 is 2.77 bits per heavy atom. The summed E-state index contributed by atoms with van der Waals surface area (Å²) in [6.07, 6.45) is 0. The van der Waals surface area contributed by atoms with Gasteiger partial charge in [-0.25, -0.2) is 0 Å². The van der Waals surface area contributed by atoms with Crippen molar-refractivity contribution in [2.24, 2.45) is 0 Å². The molecule has 0 bridgehead atoms. The third-order valence-electron chi connectivity index (χ3n) is 3.01. The summed E-state index contributed by atoms with van der Waals surface area (Å²) in [4.78, 5) is 0. The van der Waals surface area contributed by atoms with Crippen LogP contribution in [0.4, 0.5) is 0 Å². The van der Waals surface area contributed by atoms with E-state index in [0.29, 0.717) is 6.61 Å². The number of tetrazole rings is 1. The first kappa shape index (κ1) is 14.6. The molecule has 0 aliphatic rings. The summed E-state index contributed by atoms with van der Waals surface area (Å²) in [5, 5.41) is 12.6. The molecule has 0 saturated heterocycles. The van der Waals surface area contributed by atoms with E-state index < -0.39 is 0 Å². The summed E-state index contributed by atoms with van der Waals surface area (Å²) in [5.41, 5.74) is 2.15. The summed E-state index contributed by atoms with van der Waals surface area (Å²) >= 11 is 1.57. The van der Waals surface area contributed by atoms with Crippen molar-refractivity contribution < 1.29 is 4.74 Å². The van der Waals surface area contributed by atoms with Gasteiger partial charge in [0.05, 0.1) is 12.3 Å². The Hall–Kier alpha value is -2.34. The lowest BCUT2D eigenvalue weighted by Crippen LogP contribution is -2.03. The predicted molar refractivity (Wildman–Crippen MR) is 86.6 cm³/mol. The zero-order valence-electron chi connectivity index (χ0n) is 12.2. The highest BCUT2D eigenvalue weighted by Gasteiger charge is 2.08. The van der Waals surface area contributed by atoms with Crippen molar-refractivity contribution in [1.82, 2.24) is 20.2 Å². The van der Waals surface area contributed by atoms with Crippen LogP contribution in [0.2, 0.25) is 0 Å². The molecule has 22 heavy (non-hydrogen) atoms. The number of thioether (sulfide) groups is 1. The molecule has 0 saturated carbocycles. The van der Waals surface area contributed by atoms with E-state index in [-0.39, 0.29) is 0 Å². The summed E-state index contributed by atoms with van der Waals surface area (Å²) in [6, 6.07) is 17.9. The predicted octanol–water partition coefficient (Wildman–Crippen LogP) is 3.14. The Labute approximate surface area is 133 Å². The molecule has 5 nitrogen and oxygen atoms in total. The van der Waals surface area contributed by atoms with Crippen molar-refractivity contribution >= 4 is 11.8 Å². The zero-order chi connectivity index (χ0) is 15.2. The Balaban J connectivity index is 1.56. The summed E-state index contributed by atoms with van der Waals surface area (Å²) in [5.74, 6) is 1.67. The monoisotopic (exact) mass is 312 g/mol. The molecule has 6 heteroatoms. The molecular formula is C16H16N4OS. The lowest BCUT2D eigenvalue weighted by molar-refractivity contribution is 0.343. The Morgan fingerprint density at radius 2 is 1.95 bits per heavy atom. The number of hydrogen-bond donors (Lipinski definition) is 0. The van der Waals surface area contributed by atoms with E-state index in [1.165, 1.54) is 5.56 Å². The molecule has 0 spiro atoms. The fourth-order valence-electron chi connectivity index (χ4n) is 2.00. The summed E-state index contributed by atoms with van der Waals surface area (Å²) in [7, 11) is 0. The highest BCUT2D eigenvalue weighted by atomic mass is 32.2. The third-order valence-corrected chi connectivity index (χ3v) is 3.90. The van der Waals surface area contributed by atoms with E-state index in [0.717, 1.165) is 22.3 Å². The molecule has 1 aromatic heterocycles. The van der Waals surface area contributed by atoms with Gasteiger partial charge in [0.1, 0.15) is 5.75 Å². The first-order chi connectivity index (χ1) is 10.8. The smallest absolute Gasteiger partial charge is 0.214 e. The molecule has 2 aromatic carbocycles. The SMILES string of the molecule is Cc1cccc(OCCSc2nnnn2-c2ccccc2)c1. The van der Waals surface area contributed by atoms with E-state index >= 15 is 0 Å². The van der Waals surface area contributed by atoms with E-state index in [2.05, 4.69) is 28.5 Å². The second-order valence-electron chi connectivity index (χ2n) is 4.72. The van der Waals surface area contributed by atoms with Crippen molar-refractivity contribution in [2.75, 3.05) is 12.4 Å². The van der Waals surface area contributed by atoms with Crippen LogP contribution in [0, 0.1) is 6.92 Å². The van der Waals surface area contributed by atoms with Crippen LogP contribution >= 0.6 is 11.8 Å². The van der Waals surface area contributed by atoms with Gasteiger partial charge in [-0.1, -0.05) is 42.1 Å². The van der Waals surface area contributed by atoms with Crippen LogP contribution in [0.1, 0.15) is 5.56 Å². The minimum absolute atomic E-state index is 0.607. The molecule has 3 rings (SSSR count). The molecule has 1 heterocycles. The Bertz CT molecular complexity index is 730. The number of para-hydroxylation sites is 1. The maximum Gasteiger partial charge on any atom is 0.214 e. The molecule has 0 aliphatic heterocycles. The number of aryl methyl sites for hydroxylation is 1. The molecule has 0 aliphatic carbocycles. The van der Waals surface area contributed by atoms with Gasteiger partial charge < -0.3 is 4.74 Å². The number of rotatable bonds is 6. The quantitative estimate of drug-likeness (QED) is 0.517. The molecule has 3 aromatic rings. The van der Waals surface area contributed by atoms with Gasteiger partial charge in [0.15, 0.2) is 0 Å². The van der Waals surface area contributed by atoms with Crippen molar-refractivity contribution in [3.8, 4) is 11.4 Å². The van der Waals surface area contributed by atoms with Crippen LogP contribution in [0.5, 0.6) is 5.75 Å². The summed E-state index contributed by atoms with van der Waals surface area (Å²) < 4.78 is 7.47.